The van der Waals surface area contributed by atoms with E-state index in [2.05, 4.69) is 11.2 Å². The van der Waals surface area contributed by atoms with Crippen LogP contribution >= 0.6 is 0 Å². The molecule has 0 unspecified atom stereocenters. The predicted octanol–water partition coefficient (Wildman–Crippen LogP) is 0.817. The van der Waals surface area contributed by atoms with Crippen molar-refractivity contribution in [3.63, 3.8) is 0 Å². The average Bonchev–Trinajstić information content (AvgIpc) is 2.53. The van der Waals surface area contributed by atoms with Gasteiger partial charge in [-0.1, -0.05) is 0 Å². The van der Waals surface area contributed by atoms with Crippen LogP contribution in [-0.2, 0) is 12.6 Å². The Balaban J connectivity index is 2.22. The Labute approximate surface area is 90.1 Å². The number of rotatable bonds is 1. The lowest BCUT2D eigenvalue weighted by Crippen LogP contribution is -2.42. The van der Waals surface area contributed by atoms with Gasteiger partial charge in [-0.05, 0) is 38.7 Å². The van der Waals surface area contributed by atoms with Gasteiger partial charge in [0.2, 0.25) is 0 Å². The van der Waals surface area contributed by atoms with Crippen LogP contribution in [0.3, 0.4) is 0 Å². The highest BCUT2D eigenvalue weighted by atomic mass is 16.3. The van der Waals surface area contributed by atoms with E-state index in [1.807, 2.05) is 18.7 Å². The van der Waals surface area contributed by atoms with Crippen LogP contribution in [0.1, 0.15) is 37.1 Å². The van der Waals surface area contributed by atoms with E-state index < -0.39 is 0 Å². The summed E-state index contributed by atoms with van der Waals surface area (Å²) in [4.78, 5) is 0. The van der Waals surface area contributed by atoms with Gasteiger partial charge in [-0.15, -0.1) is 0 Å². The predicted molar refractivity (Wildman–Crippen MR) is 58.3 cm³/mol. The number of aromatic nitrogens is 2. The minimum absolute atomic E-state index is 0.175. The molecule has 0 atom stereocenters. The second-order valence-corrected chi connectivity index (χ2v) is 4.68. The summed E-state index contributed by atoms with van der Waals surface area (Å²) in [6.45, 7) is 2.03. The summed E-state index contributed by atoms with van der Waals surface area (Å²) < 4.78 is 1.86. The summed E-state index contributed by atoms with van der Waals surface area (Å²) in [5, 5.41) is 13.9. The largest absolute Gasteiger partial charge is 0.393 e. The summed E-state index contributed by atoms with van der Waals surface area (Å²) in [5.74, 6) is 0. The molecule has 15 heavy (non-hydrogen) atoms. The van der Waals surface area contributed by atoms with E-state index in [4.69, 9.17) is 5.73 Å². The van der Waals surface area contributed by atoms with Crippen molar-refractivity contribution in [2.24, 2.45) is 12.8 Å². The summed E-state index contributed by atoms with van der Waals surface area (Å²) in [6, 6.07) is 2.05. The van der Waals surface area contributed by atoms with Gasteiger partial charge in [0.15, 0.2) is 0 Å². The van der Waals surface area contributed by atoms with E-state index in [9.17, 15) is 5.11 Å². The third-order valence-electron chi connectivity index (χ3n) is 3.47. The molecular weight excluding hydrogens is 190 g/mol. The third kappa shape index (κ3) is 1.92. The molecule has 3 N–H and O–H groups in total. The van der Waals surface area contributed by atoms with Crippen molar-refractivity contribution in [3.8, 4) is 0 Å². The number of nitrogens with zero attached hydrogens (tertiary/aromatic N) is 2. The first-order chi connectivity index (χ1) is 7.01. The van der Waals surface area contributed by atoms with Crippen molar-refractivity contribution >= 4 is 0 Å². The van der Waals surface area contributed by atoms with Gasteiger partial charge in [0.1, 0.15) is 0 Å². The average molecular weight is 209 g/mol. The molecule has 1 aliphatic rings. The molecule has 0 radical (unpaired) electrons. The molecule has 1 saturated carbocycles. The van der Waals surface area contributed by atoms with Gasteiger partial charge in [0, 0.05) is 12.7 Å². The Hall–Kier alpha value is -0.870. The van der Waals surface area contributed by atoms with E-state index in [0.29, 0.717) is 0 Å². The van der Waals surface area contributed by atoms with Crippen molar-refractivity contribution in [3.05, 3.63) is 17.5 Å². The Bertz CT molecular complexity index is 331. The van der Waals surface area contributed by atoms with Gasteiger partial charge >= 0.3 is 0 Å². The van der Waals surface area contributed by atoms with E-state index in [0.717, 1.165) is 37.1 Å². The monoisotopic (exact) mass is 209 g/mol. The minimum atomic E-state index is -0.328. The first-order valence-corrected chi connectivity index (χ1v) is 5.49. The highest BCUT2D eigenvalue weighted by molar-refractivity contribution is 5.18. The summed E-state index contributed by atoms with van der Waals surface area (Å²) in [6.07, 6.45) is 3.04. The molecule has 1 fully saturated rings. The molecular formula is C11H19N3O. The highest BCUT2D eigenvalue weighted by Crippen LogP contribution is 2.34. The molecule has 1 aliphatic carbocycles. The summed E-state index contributed by atoms with van der Waals surface area (Å²) in [7, 11) is 1.93. The zero-order valence-electron chi connectivity index (χ0n) is 9.40. The van der Waals surface area contributed by atoms with Crippen molar-refractivity contribution < 1.29 is 5.11 Å². The van der Waals surface area contributed by atoms with Gasteiger partial charge in [0.05, 0.1) is 17.3 Å². The number of aliphatic hydroxyl groups excluding tert-OH is 1. The second-order valence-electron chi connectivity index (χ2n) is 4.68. The molecule has 1 aromatic heterocycles. The fourth-order valence-corrected chi connectivity index (χ4v) is 2.18. The standard InChI is InChI=1S/C11H19N3O/c1-8-7-10(13-14(8)2)11(12)5-3-9(15)4-6-11/h7,9,15H,3-6,12H2,1-2H3. The first kappa shape index (κ1) is 10.6. The first-order valence-electron chi connectivity index (χ1n) is 5.49. The van der Waals surface area contributed by atoms with Gasteiger partial charge in [-0.2, -0.15) is 5.10 Å². The number of hydrogen-bond acceptors (Lipinski definition) is 3. The maximum Gasteiger partial charge on any atom is 0.0825 e. The van der Waals surface area contributed by atoms with Gasteiger partial charge < -0.3 is 10.8 Å². The van der Waals surface area contributed by atoms with Gasteiger partial charge in [-0.25, -0.2) is 0 Å². The van der Waals surface area contributed by atoms with Crippen LogP contribution in [0.25, 0.3) is 0 Å². The Morgan fingerprint density at radius 3 is 2.60 bits per heavy atom. The fraction of sp³-hybridized carbons (Fsp3) is 0.727. The van der Waals surface area contributed by atoms with Crippen LogP contribution < -0.4 is 5.73 Å². The number of hydrogen-bond donors (Lipinski definition) is 2. The fourth-order valence-electron chi connectivity index (χ4n) is 2.18. The van der Waals surface area contributed by atoms with Crippen LogP contribution in [0.2, 0.25) is 0 Å². The maximum absolute atomic E-state index is 9.47. The Morgan fingerprint density at radius 1 is 1.53 bits per heavy atom. The lowest BCUT2D eigenvalue weighted by atomic mass is 9.79. The molecule has 0 amide bonds. The van der Waals surface area contributed by atoms with E-state index >= 15 is 0 Å². The van der Waals surface area contributed by atoms with Crippen LogP contribution in [-0.4, -0.2) is 21.0 Å². The normalized spacial score (nSPS) is 31.9. The molecule has 2 rings (SSSR count). The number of aryl methyl sites for hydroxylation is 2. The van der Waals surface area contributed by atoms with E-state index in [1.54, 1.807) is 0 Å². The van der Waals surface area contributed by atoms with E-state index in [-0.39, 0.29) is 11.6 Å². The molecule has 1 aromatic rings. The van der Waals surface area contributed by atoms with Crippen LogP contribution in [0.15, 0.2) is 6.07 Å². The Kier molecular flexibility index (Phi) is 2.56. The number of nitrogens with two attached hydrogens (primary N) is 1. The van der Waals surface area contributed by atoms with Crippen molar-refractivity contribution in [2.45, 2.75) is 44.2 Å². The molecule has 0 spiro atoms. The number of aliphatic hydroxyl groups is 1. The zero-order chi connectivity index (χ0) is 11.1. The highest BCUT2D eigenvalue weighted by Gasteiger charge is 2.34. The SMILES string of the molecule is Cc1cc(C2(N)CCC(O)CC2)nn1C. The second kappa shape index (κ2) is 3.61. The smallest absolute Gasteiger partial charge is 0.0825 e. The lowest BCUT2D eigenvalue weighted by molar-refractivity contribution is 0.0954. The lowest BCUT2D eigenvalue weighted by Gasteiger charge is -2.34. The van der Waals surface area contributed by atoms with Crippen molar-refractivity contribution in [1.82, 2.24) is 9.78 Å². The van der Waals surface area contributed by atoms with Crippen LogP contribution in [0.4, 0.5) is 0 Å². The van der Waals surface area contributed by atoms with Crippen LogP contribution in [0, 0.1) is 6.92 Å². The van der Waals surface area contributed by atoms with Crippen molar-refractivity contribution in [1.29, 1.82) is 0 Å². The maximum atomic E-state index is 9.47. The molecule has 4 heteroatoms. The molecule has 0 saturated heterocycles. The summed E-state index contributed by atoms with van der Waals surface area (Å²) >= 11 is 0. The van der Waals surface area contributed by atoms with Crippen molar-refractivity contribution in [2.75, 3.05) is 0 Å². The van der Waals surface area contributed by atoms with E-state index in [1.165, 1.54) is 0 Å². The molecule has 0 aromatic carbocycles. The topological polar surface area (TPSA) is 64.1 Å². The quantitative estimate of drug-likeness (QED) is 0.719. The molecule has 1 heterocycles. The minimum Gasteiger partial charge on any atom is -0.393 e. The Morgan fingerprint density at radius 2 is 2.13 bits per heavy atom. The van der Waals surface area contributed by atoms with Gasteiger partial charge in [0.25, 0.3) is 0 Å². The zero-order valence-corrected chi connectivity index (χ0v) is 9.40. The van der Waals surface area contributed by atoms with Gasteiger partial charge in [-0.3, -0.25) is 4.68 Å². The molecule has 0 aliphatic heterocycles. The molecule has 4 nitrogen and oxygen atoms in total. The summed E-state index contributed by atoms with van der Waals surface area (Å²) in [5.41, 5.74) is 8.10. The molecule has 0 bridgehead atoms. The molecule has 84 valence electrons. The third-order valence-corrected chi connectivity index (χ3v) is 3.47. The van der Waals surface area contributed by atoms with Crippen LogP contribution in [0.5, 0.6) is 0 Å².